The van der Waals surface area contributed by atoms with Crippen molar-refractivity contribution in [2.24, 2.45) is 0 Å². The van der Waals surface area contributed by atoms with Gasteiger partial charge in [-0.2, -0.15) is 0 Å². The van der Waals surface area contributed by atoms with Crippen molar-refractivity contribution < 1.29 is 19.2 Å². The molecule has 0 atom stereocenters. The van der Waals surface area contributed by atoms with Crippen LogP contribution in [0.3, 0.4) is 0 Å². The summed E-state index contributed by atoms with van der Waals surface area (Å²) in [6.07, 6.45) is 0.110. The first-order chi connectivity index (χ1) is 13.8. The van der Waals surface area contributed by atoms with Crippen molar-refractivity contribution in [3.63, 3.8) is 0 Å². The minimum Gasteiger partial charge on any atom is -0.336 e. The third kappa shape index (κ3) is 4.87. The lowest BCUT2D eigenvalue weighted by Gasteiger charge is -2.27. The van der Waals surface area contributed by atoms with Crippen molar-refractivity contribution in [3.8, 4) is 0 Å². The van der Waals surface area contributed by atoms with Crippen LogP contribution in [-0.4, -0.2) is 53.6 Å². The number of likely N-dealkylation sites (N-methyl/N-ethyl adjacent to an activating group) is 1. The van der Waals surface area contributed by atoms with Gasteiger partial charge in [-0.3, -0.25) is 24.1 Å². The van der Waals surface area contributed by atoms with Gasteiger partial charge in [-0.25, -0.2) is 0 Å². The Balaban J connectivity index is 1.52. The molecule has 1 heterocycles. The number of amides is 4. The summed E-state index contributed by atoms with van der Waals surface area (Å²) >= 11 is 0. The predicted molar refractivity (Wildman–Crippen MR) is 108 cm³/mol. The van der Waals surface area contributed by atoms with Gasteiger partial charge < -0.3 is 10.2 Å². The van der Waals surface area contributed by atoms with E-state index in [-0.39, 0.29) is 49.6 Å². The van der Waals surface area contributed by atoms with E-state index in [4.69, 9.17) is 0 Å². The zero-order chi connectivity index (χ0) is 21.0. The van der Waals surface area contributed by atoms with Crippen LogP contribution < -0.4 is 5.32 Å². The lowest BCUT2D eigenvalue weighted by atomic mass is 9.98. The second kappa shape index (κ2) is 8.68. The first kappa shape index (κ1) is 20.3. The van der Waals surface area contributed by atoms with Crippen molar-refractivity contribution in [1.29, 1.82) is 0 Å². The Morgan fingerprint density at radius 1 is 1.07 bits per heavy atom. The molecule has 0 aliphatic carbocycles. The van der Waals surface area contributed by atoms with E-state index in [0.717, 1.165) is 10.5 Å². The zero-order valence-electron chi connectivity index (χ0n) is 16.5. The van der Waals surface area contributed by atoms with Gasteiger partial charge in [0, 0.05) is 31.3 Å². The lowest BCUT2D eigenvalue weighted by molar-refractivity contribution is -0.134. The maximum Gasteiger partial charge on any atom is 0.260 e. The highest BCUT2D eigenvalue weighted by Crippen LogP contribution is 2.19. The quantitative estimate of drug-likeness (QED) is 0.761. The van der Waals surface area contributed by atoms with Crippen molar-refractivity contribution in [2.75, 3.05) is 25.5 Å². The smallest absolute Gasteiger partial charge is 0.260 e. The summed E-state index contributed by atoms with van der Waals surface area (Å²) in [7, 11) is 1.52. The number of aryl methyl sites for hydroxylation is 1. The highest BCUT2D eigenvalue weighted by molar-refractivity contribution is 6.09. The van der Waals surface area contributed by atoms with Crippen LogP contribution >= 0.6 is 0 Å². The van der Waals surface area contributed by atoms with Gasteiger partial charge in [0.15, 0.2) is 0 Å². The molecular weight excluding hydrogens is 370 g/mol. The molecule has 0 fully saturated rings. The molecule has 4 amide bonds. The Bertz CT molecular complexity index is 953. The third-order valence-corrected chi connectivity index (χ3v) is 4.83. The molecule has 1 N–H and O–H groups in total. The number of nitrogens with zero attached hydrogens (tertiary/aromatic N) is 2. The maximum atomic E-state index is 12.5. The number of carbonyl (C=O) groups is 4. The average Bonchev–Trinajstić information content (AvgIpc) is 2.69. The van der Waals surface area contributed by atoms with Crippen LogP contribution in [0.1, 0.15) is 27.9 Å². The van der Waals surface area contributed by atoms with E-state index < -0.39 is 0 Å². The van der Waals surface area contributed by atoms with Crippen molar-refractivity contribution in [3.05, 3.63) is 65.2 Å². The molecular formula is C22H23N3O4. The van der Waals surface area contributed by atoms with Crippen LogP contribution in [0.15, 0.2) is 48.5 Å². The summed E-state index contributed by atoms with van der Waals surface area (Å²) < 4.78 is 0. The second-order valence-electron chi connectivity index (χ2n) is 7.10. The third-order valence-electron chi connectivity index (χ3n) is 4.83. The van der Waals surface area contributed by atoms with E-state index in [2.05, 4.69) is 5.32 Å². The standard InChI is InChI=1S/C22H23N3O4/c1-15-7-9-17(10-8-15)23-19(26)14-24(2)20(27)11-12-25-21(28)13-16-5-3-4-6-18(16)22(25)29/h3-10H,11-14H2,1-2H3,(H,23,26). The summed E-state index contributed by atoms with van der Waals surface area (Å²) in [5.41, 5.74) is 2.93. The average molecular weight is 393 g/mol. The Hall–Kier alpha value is -3.48. The summed E-state index contributed by atoms with van der Waals surface area (Å²) in [5, 5.41) is 2.73. The Kier molecular flexibility index (Phi) is 6.07. The summed E-state index contributed by atoms with van der Waals surface area (Å²) in [6, 6.07) is 14.3. The maximum absolute atomic E-state index is 12.5. The largest absolute Gasteiger partial charge is 0.336 e. The molecule has 0 radical (unpaired) electrons. The van der Waals surface area contributed by atoms with Gasteiger partial charge in [0.2, 0.25) is 17.7 Å². The number of hydrogen-bond donors (Lipinski definition) is 1. The molecule has 7 nitrogen and oxygen atoms in total. The minimum atomic E-state index is -0.385. The van der Waals surface area contributed by atoms with Crippen LogP contribution in [0.5, 0.6) is 0 Å². The van der Waals surface area contributed by atoms with Crippen LogP contribution in [0, 0.1) is 6.92 Å². The number of benzene rings is 2. The molecule has 0 saturated carbocycles. The fourth-order valence-corrected chi connectivity index (χ4v) is 3.17. The van der Waals surface area contributed by atoms with E-state index >= 15 is 0 Å². The number of nitrogens with one attached hydrogen (secondary N) is 1. The van der Waals surface area contributed by atoms with Gasteiger partial charge in [0.05, 0.1) is 13.0 Å². The minimum absolute atomic E-state index is 0.00520. The molecule has 1 aliphatic heterocycles. The van der Waals surface area contributed by atoms with Gasteiger partial charge in [0.1, 0.15) is 0 Å². The van der Waals surface area contributed by atoms with Gasteiger partial charge in [-0.1, -0.05) is 35.9 Å². The number of carbonyl (C=O) groups excluding carboxylic acids is 4. The molecule has 2 aromatic carbocycles. The Morgan fingerprint density at radius 3 is 2.48 bits per heavy atom. The van der Waals surface area contributed by atoms with E-state index in [1.54, 1.807) is 36.4 Å². The molecule has 3 rings (SSSR count). The van der Waals surface area contributed by atoms with Gasteiger partial charge in [-0.15, -0.1) is 0 Å². The number of rotatable bonds is 6. The molecule has 0 bridgehead atoms. The molecule has 7 heteroatoms. The topological polar surface area (TPSA) is 86.8 Å². The number of fused-ring (bicyclic) bond motifs is 1. The predicted octanol–water partition coefficient (Wildman–Crippen LogP) is 2.01. The van der Waals surface area contributed by atoms with Gasteiger partial charge >= 0.3 is 0 Å². The van der Waals surface area contributed by atoms with Crippen LogP contribution in [0.25, 0.3) is 0 Å². The number of hydrogen-bond acceptors (Lipinski definition) is 4. The summed E-state index contributed by atoms with van der Waals surface area (Å²) in [6.45, 7) is 1.83. The van der Waals surface area contributed by atoms with E-state index in [9.17, 15) is 19.2 Å². The van der Waals surface area contributed by atoms with Crippen molar-refractivity contribution in [1.82, 2.24) is 9.80 Å². The molecule has 0 unspecified atom stereocenters. The van der Waals surface area contributed by atoms with E-state index in [0.29, 0.717) is 16.8 Å². The normalized spacial score (nSPS) is 13.1. The molecule has 1 aliphatic rings. The van der Waals surface area contributed by atoms with Crippen LogP contribution in [0.4, 0.5) is 5.69 Å². The zero-order valence-corrected chi connectivity index (χ0v) is 16.5. The Labute approximate surface area is 169 Å². The number of anilines is 1. The Morgan fingerprint density at radius 2 is 1.76 bits per heavy atom. The van der Waals surface area contributed by atoms with Crippen LogP contribution in [0.2, 0.25) is 0 Å². The SMILES string of the molecule is Cc1ccc(NC(=O)CN(C)C(=O)CCN2C(=O)Cc3ccccc3C2=O)cc1. The fourth-order valence-electron chi connectivity index (χ4n) is 3.17. The number of imide groups is 1. The van der Waals surface area contributed by atoms with E-state index in [1.165, 1.54) is 11.9 Å². The van der Waals surface area contributed by atoms with Crippen molar-refractivity contribution in [2.45, 2.75) is 19.8 Å². The summed E-state index contributed by atoms with van der Waals surface area (Å²) in [4.78, 5) is 51.7. The molecule has 29 heavy (non-hydrogen) atoms. The van der Waals surface area contributed by atoms with Crippen molar-refractivity contribution >= 4 is 29.3 Å². The molecule has 0 saturated heterocycles. The first-order valence-electron chi connectivity index (χ1n) is 9.38. The fraction of sp³-hybridized carbons (Fsp3) is 0.273. The first-order valence-corrected chi connectivity index (χ1v) is 9.38. The van der Waals surface area contributed by atoms with Crippen LogP contribution in [-0.2, 0) is 20.8 Å². The molecule has 0 aromatic heterocycles. The summed E-state index contributed by atoms with van der Waals surface area (Å²) in [5.74, 6) is -1.34. The second-order valence-corrected chi connectivity index (χ2v) is 7.10. The highest BCUT2D eigenvalue weighted by Gasteiger charge is 2.31. The molecule has 2 aromatic rings. The molecule has 0 spiro atoms. The molecule has 150 valence electrons. The lowest BCUT2D eigenvalue weighted by Crippen LogP contribution is -2.44. The van der Waals surface area contributed by atoms with Gasteiger partial charge in [-0.05, 0) is 30.7 Å². The highest BCUT2D eigenvalue weighted by atomic mass is 16.2. The van der Waals surface area contributed by atoms with E-state index in [1.807, 2.05) is 19.1 Å². The van der Waals surface area contributed by atoms with Gasteiger partial charge in [0.25, 0.3) is 5.91 Å². The monoisotopic (exact) mass is 393 g/mol.